The lowest BCUT2D eigenvalue weighted by Gasteiger charge is -2.11. The Bertz CT molecular complexity index is 1240. The first kappa shape index (κ1) is 21.6. The molecule has 0 bridgehead atoms. The van der Waals surface area contributed by atoms with Crippen LogP contribution in [0, 0.1) is 0 Å². The highest BCUT2D eigenvalue weighted by Crippen LogP contribution is 2.29. The van der Waals surface area contributed by atoms with E-state index in [9.17, 15) is 19.2 Å². The van der Waals surface area contributed by atoms with E-state index in [1.54, 1.807) is 30.3 Å². The van der Waals surface area contributed by atoms with Crippen LogP contribution in [0.25, 0.3) is 0 Å². The van der Waals surface area contributed by atoms with Crippen molar-refractivity contribution in [3.8, 4) is 0 Å². The first-order valence-electron chi connectivity index (χ1n) is 9.29. The smallest absolute Gasteiger partial charge is 0.338 e. The molecule has 0 radical (unpaired) electrons. The normalized spacial score (nSPS) is 12.6. The van der Waals surface area contributed by atoms with E-state index in [1.165, 1.54) is 24.5 Å². The molecule has 0 unspecified atom stereocenters. The molecule has 1 aliphatic rings. The van der Waals surface area contributed by atoms with Crippen molar-refractivity contribution in [1.82, 2.24) is 4.90 Å². The number of nitrogens with zero attached hydrogens (tertiary/aromatic N) is 1. The van der Waals surface area contributed by atoms with Gasteiger partial charge < -0.3 is 14.5 Å². The molecular formula is C22H14Cl2N2O6. The molecule has 0 saturated carbocycles. The minimum absolute atomic E-state index is 0.0225. The second kappa shape index (κ2) is 8.86. The van der Waals surface area contributed by atoms with Crippen LogP contribution in [0.2, 0.25) is 10.0 Å². The summed E-state index contributed by atoms with van der Waals surface area (Å²) in [4.78, 5) is 50.7. The Kier molecular flexibility index (Phi) is 5.98. The number of carbonyl (C=O) groups is 4. The van der Waals surface area contributed by atoms with Crippen LogP contribution in [0.5, 0.6) is 0 Å². The summed E-state index contributed by atoms with van der Waals surface area (Å²) in [5, 5.41) is 2.92. The van der Waals surface area contributed by atoms with E-state index in [2.05, 4.69) is 5.32 Å². The van der Waals surface area contributed by atoms with Gasteiger partial charge in [-0.3, -0.25) is 19.3 Å². The standard InChI is InChI=1S/C22H14Cl2N2O6/c23-16-4-1-5-17(19(16)24)25-18(27)11-32-22(30)12-6-7-14-15(9-12)21(29)26(20(14)28)10-13-3-2-8-31-13/h1-9H,10-11H2,(H,25,27). The number of carbonyl (C=O) groups excluding carboxylic acids is 4. The molecule has 2 heterocycles. The quantitative estimate of drug-likeness (QED) is 0.426. The Morgan fingerprint density at radius 1 is 1.00 bits per heavy atom. The predicted octanol–water partition coefficient (Wildman–Crippen LogP) is 4.18. The van der Waals surface area contributed by atoms with Crippen molar-refractivity contribution in [2.75, 3.05) is 11.9 Å². The number of nitrogens with one attached hydrogen (secondary N) is 1. The van der Waals surface area contributed by atoms with Crippen LogP contribution in [0.15, 0.2) is 59.2 Å². The number of halogens is 2. The average molecular weight is 473 g/mol. The molecule has 3 aromatic rings. The highest BCUT2D eigenvalue weighted by Gasteiger charge is 2.36. The third kappa shape index (κ3) is 4.23. The molecule has 32 heavy (non-hydrogen) atoms. The molecule has 8 nitrogen and oxygen atoms in total. The fourth-order valence-corrected chi connectivity index (χ4v) is 3.47. The van der Waals surface area contributed by atoms with Crippen LogP contribution >= 0.6 is 23.2 Å². The summed E-state index contributed by atoms with van der Waals surface area (Å²) < 4.78 is 10.2. The van der Waals surface area contributed by atoms with Crippen molar-refractivity contribution < 1.29 is 28.3 Å². The number of hydrogen-bond donors (Lipinski definition) is 1. The Morgan fingerprint density at radius 3 is 2.53 bits per heavy atom. The van der Waals surface area contributed by atoms with Gasteiger partial charge in [0.05, 0.1) is 45.2 Å². The number of furan rings is 1. The molecule has 0 fully saturated rings. The van der Waals surface area contributed by atoms with Crippen LogP contribution in [0.4, 0.5) is 5.69 Å². The van der Waals surface area contributed by atoms with E-state index in [1.807, 2.05) is 0 Å². The topological polar surface area (TPSA) is 106 Å². The van der Waals surface area contributed by atoms with E-state index >= 15 is 0 Å². The third-order valence-electron chi connectivity index (χ3n) is 4.66. The number of imide groups is 1. The zero-order valence-corrected chi connectivity index (χ0v) is 17.8. The minimum Gasteiger partial charge on any atom is -0.467 e. The van der Waals surface area contributed by atoms with Crippen molar-refractivity contribution in [3.63, 3.8) is 0 Å². The third-order valence-corrected chi connectivity index (χ3v) is 5.48. The van der Waals surface area contributed by atoms with Gasteiger partial charge >= 0.3 is 5.97 Å². The Labute approximate surface area is 191 Å². The molecule has 10 heteroatoms. The summed E-state index contributed by atoms with van der Waals surface area (Å²) >= 11 is 11.9. The number of ether oxygens (including phenoxy) is 1. The summed E-state index contributed by atoms with van der Waals surface area (Å²) in [5.41, 5.74) is 0.550. The fraction of sp³-hybridized carbons (Fsp3) is 0.0909. The molecule has 4 rings (SSSR count). The van der Waals surface area contributed by atoms with E-state index in [-0.39, 0.29) is 39.0 Å². The van der Waals surface area contributed by atoms with Crippen LogP contribution in [0.1, 0.15) is 36.8 Å². The maximum Gasteiger partial charge on any atom is 0.338 e. The lowest BCUT2D eigenvalue weighted by Crippen LogP contribution is -2.28. The second-order valence-corrected chi connectivity index (χ2v) is 7.55. The van der Waals surface area contributed by atoms with E-state index in [0.29, 0.717) is 5.76 Å². The summed E-state index contributed by atoms with van der Waals surface area (Å²) in [6.07, 6.45) is 1.44. The molecule has 1 N–H and O–H groups in total. The van der Waals surface area contributed by atoms with Gasteiger partial charge in [0.2, 0.25) is 0 Å². The largest absolute Gasteiger partial charge is 0.467 e. The van der Waals surface area contributed by atoms with Crippen molar-refractivity contribution in [2.24, 2.45) is 0 Å². The number of anilines is 1. The van der Waals surface area contributed by atoms with Gasteiger partial charge in [-0.2, -0.15) is 0 Å². The van der Waals surface area contributed by atoms with Gasteiger partial charge in [-0.05, 0) is 42.5 Å². The van der Waals surface area contributed by atoms with Gasteiger partial charge in [0.1, 0.15) is 5.76 Å². The molecule has 0 aliphatic carbocycles. The average Bonchev–Trinajstić information content (AvgIpc) is 3.38. The molecule has 0 atom stereocenters. The van der Waals surface area contributed by atoms with Crippen molar-refractivity contribution in [2.45, 2.75) is 6.54 Å². The predicted molar refractivity (Wildman–Crippen MR) is 115 cm³/mol. The molecule has 3 amide bonds. The Balaban J connectivity index is 1.41. The van der Waals surface area contributed by atoms with Gasteiger partial charge in [0, 0.05) is 0 Å². The molecular weight excluding hydrogens is 459 g/mol. The molecule has 1 aromatic heterocycles. The molecule has 0 saturated heterocycles. The van der Waals surface area contributed by atoms with Gasteiger partial charge in [0.15, 0.2) is 6.61 Å². The van der Waals surface area contributed by atoms with Crippen molar-refractivity contribution >= 4 is 52.6 Å². The van der Waals surface area contributed by atoms with E-state index < -0.39 is 30.3 Å². The van der Waals surface area contributed by atoms with Gasteiger partial charge in [-0.1, -0.05) is 29.3 Å². The van der Waals surface area contributed by atoms with E-state index in [0.717, 1.165) is 4.90 Å². The summed E-state index contributed by atoms with van der Waals surface area (Å²) in [7, 11) is 0. The fourth-order valence-electron chi connectivity index (χ4n) is 3.12. The second-order valence-electron chi connectivity index (χ2n) is 6.76. The molecule has 2 aromatic carbocycles. The highest BCUT2D eigenvalue weighted by atomic mass is 35.5. The maximum atomic E-state index is 12.7. The van der Waals surface area contributed by atoms with Gasteiger partial charge in [0.25, 0.3) is 17.7 Å². The summed E-state index contributed by atoms with van der Waals surface area (Å²) in [6, 6.07) is 12.0. The van der Waals surface area contributed by atoms with Crippen LogP contribution in [-0.2, 0) is 16.1 Å². The minimum atomic E-state index is -0.829. The summed E-state index contributed by atoms with van der Waals surface area (Å²) in [5.74, 6) is -2.04. The molecule has 1 aliphatic heterocycles. The monoisotopic (exact) mass is 472 g/mol. The van der Waals surface area contributed by atoms with Crippen molar-refractivity contribution in [3.05, 3.63) is 87.3 Å². The number of esters is 1. The van der Waals surface area contributed by atoms with Gasteiger partial charge in [-0.25, -0.2) is 4.79 Å². The number of fused-ring (bicyclic) bond motifs is 1. The van der Waals surface area contributed by atoms with Crippen LogP contribution < -0.4 is 5.32 Å². The van der Waals surface area contributed by atoms with Gasteiger partial charge in [-0.15, -0.1) is 0 Å². The maximum absolute atomic E-state index is 12.7. The molecule has 0 spiro atoms. The lowest BCUT2D eigenvalue weighted by atomic mass is 10.1. The van der Waals surface area contributed by atoms with Crippen LogP contribution in [0.3, 0.4) is 0 Å². The van der Waals surface area contributed by atoms with Crippen molar-refractivity contribution in [1.29, 1.82) is 0 Å². The molecule has 162 valence electrons. The Hall–Kier alpha value is -3.62. The zero-order chi connectivity index (χ0) is 22.8. The SMILES string of the molecule is O=C(COC(=O)c1ccc2c(c1)C(=O)N(Cc1ccco1)C2=O)Nc1cccc(Cl)c1Cl. The number of benzene rings is 2. The number of hydrogen-bond acceptors (Lipinski definition) is 6. The number of rotatable bonds is 6. The zero-order valence-electron chi connectivity index (χ0n) is 16.3. The first-order chi connectivity index (χ1) is 15.3. The number of amides is 3. The summed E-state index contributed by atoms with van der Waals surface area (Å²) in [6.45, 7) is -0.610. The van der Waals surface area contributed by atoms with Crippen LogP contribution in [-0.4, -0.2) is 35.2 Å². The highest BCUT2D eigenvalue weighted by molar-refractivity contribution is 6.44. The van der Waals surface area contributed by atoms with E-state index in [4.69, 9.17) is 32.4 Å². The lowest BCUT2D eigenvalue weighted by molar-refractivity contribution is -0.119. The Morgan fingerprint density at radius 2 is 1.78 bits per heavy atom. The first-order valence-corrected chi connectivity index (χ1v) is 10.0.